The van der Waals surface area contributed by atoms with Gasteiger partial charge >= 0.3 is 0 Å². The molecule has 6 heteroatoms. The van der Waals surface area contributed by atoms with Gasteiger partial charge in [0.15, 0.2) is 5.13 Å². The molecule has 2 heterocycles. The first-order chi connectivity index (χ1) is 10.3. The van der Waals surface area contributed by atoms with Crippen LogP contribution >= 0.6 is 11.3 Å². The lowest BCUT2D eigenvalue weighted by Crippen LogP contribution is -2.17. The van der Waals surface area contributed by atoms with Crippen molar-refractivity contribution in [3.63, 3.8) is 0 Å². The van der Waals surface area contributed by atoms with Crippen molar-refractivity contribution in [1.82, 2.24) is 9.97 Å². The van der Waals surface area contributed by atoms with Crippen molar-refractivity contribution in [2.24, 2.45) is 5.92 Å². The van der Waals surface area contributed by atoms with Crippen LogP contribution in [0, 0.1) is 17.8 Å². The average Bonchev–Trinajstić information content (AvgIpc) is 3.04. The molecule has 22 heavy (non-hydrogen) atoms. The van der Waals surface area contributed by atoms with Gasteiger partial charge in [0.25, 0.3) is 5.89 Å². The van der Waals surface area contributed by atoms with Crippen molar-refractivity contribution < 1.29 is 9.21 Å². The highest BCUT2D eigenvalue weighted by Crippen LogP contribution is 2.22. The first-order valence-corrected chi connectivity index (χ1v) is 7.82. The lowest BCUT2D eigenvalue weighted by Gasteiger charge is -2.12. The van der Waals surface area contributed by atoms with E-state index in [1.165, 1.54) is 11.3 Å². The molecule has 0 radical (unpaired) electrons. The molecule has 2 aromatic heterocycles. The third kappa shape index (κ3) is 4.18. The number of hydrogen-bond donors (Lipinski definition) is 1. The lowest BCUT2D eigenvalue weighted by molar-refractivity contribution is -0.118. The maximum atomic E-state index is 11.6. The van der Waals surface area contributed by atoms with Crippen LogP contribution in [0.25, 0.3) is 0 Å². The van der Waals surface area contributed by atoms with Gasteiger partial charge in [-0.15, -0.1) is 0 Å². The molecule has 5 nitrogen and oxygen atoms in total. The van der Waals surface area contributed by atoms with Crippen molar-refractivity contribution in [2.45, 2.75) is 40.0 Å². The molecule has 0 fully saturated rings. The van der Waals surface area contributed by atoms with E-state index in [1.54, 1.807) is 12.4 Å². The van der Waals surface area contributed by atoms with Crippen LogP contribution in [0.4, 0.5) is 5.13 Å². The monoisotopic (exact) mass is 317 g/mol. The molecule has 0 spiro atoms. The molecule has 0 saturated carbocycles. The van der Waals surface area contributed by atoms with Crippen LogP contribution in [-0.4, -0.2) is 15.9 Å². The van der Waals surface area contributed by atoms with E-state index in [0.29, 0.717) is 11.0 Å². The number of amides is 1. The van der Waals surface area contributed by atoms with Crippen molar-refractivity contribution in [1.29, 1.82) is 0 Å². The fraction of sp³-hybridized carbons (Fsp3) is 0.438. The summed E-state index contributed by atoms with van der Waals surface area (Å²) in [6.45, 7) is 9.82. The lowest BCUT2D eigenvalue weighted by atomic mass is 9.94. The molecule has 0 aromatic carbocycles. The van der Waals surface area contributed by atoms with Gasteiger partial charge in [0.2, 0.25) is 5.91 Å². The van der Waals surface area contributed by atoms with Gasteiger partial charge in [-0.05, 0) is 11.8 Å². The van der Waals surface area contributed by atoms with Crippen molar-refractivity contribution in [3.8, 4) is 11.8 Å². The molecule has 1 N–H and O–H groups in total. The third-order valence-electron chi connectivity index (χ3n) is 2.80. The van der Waals surface area contributed by atoms with Gasteiger partial charge in [-0.3, -0.25) is 4.79 Å². The highest BCUT2D eigenvalue weighted by atomic mass is 32.1. The van der Waals surface area contributed by atoms with Crippen molar-refractivity contribution in [2.75, 3.05) is 5.32 Å². The number of nitrogens with zero attached hydrogens (tertiary/aromatic N) is 2. The van der Waals surface area contributed by atoms with Crippen LogP contribution in [0.5, 0.6) is 0 Å². The number of thiazole rings is 1. The van der Waals surface area contributed by atoms with Crippen LogP contribution in [0.15, 0.2) is 16.8 Å². The van der Waals surface area contributed by atoms with E-state index < -0.39 is 0 Å². The molecule has 0 saturated heterocycles. The zero-order valence-electron chi connectivity index (χ0n) is 13.4. The number of anilines is 1. The number of hydrogen-bond acceptors (Lipinski definition) is 5. The van der Waals surface area contributed by atoms with Gasteiger partial charge in [0.1, 0.15) is 5.76 Å². The van der Waals surface area contributed by atoms with E-state index in [0.717, 1.165) is 10.6 Å². The van der Waals surface area contributed by atoms with Gasteiger partial charge in [0, 0.05) is 11.3 Å². The topological polar surface area (TPSA) is 68.0 Å². The molecular formula is C16H19N3O2S. The Hall–Kier alpha value is -2.13. The molecule has 0 aliphatic carbocycles. The van der Waals surface area contributed by atoms with E-state index in [9.17, 15) is 4.79 Å². The Morgan fingerprint density at radius 2 is 2.00 bits per heavy atom. The van der Waals surface area contributed by atoms with E-state index in [4.69, 9.17) is 4.42 Å². The summed E-state index contributed by atoms with van der Waals surface area (Å²) in [7, 11) is 0. The fourth-order valence-corrected chi connectivity index (χ4v) is 2.11. The summed E-state index contributed by atoms with van der Waals surface area (Å²) in [5.41, 5.74) is -0.0916. The molecule has 0 bridgehead atoms. The van der Waals surface area contributed by atoms with Crippen LogP contribution in [0.3, 0.4) is 0 Å². The minimum Gasteiger partial charge on any atom is -0.435 e. The quantitative estimate of drug-likeness (QED) is 0.862. The fourth-order valence-electron chi connectivity index (χ4n) is 1.43. The summed E-state index contributed by atoms with van der Waals surface area (Å²) in [6, 6.07) is 0. The Bertz CT molecular complexity index is 726. The summed E-state index contributed by atoms with van der Waals surface area (Å²) >= 11 is 1.32. The maximum absolute atomic E-state index is 11.6. The second kappa shape index (κ2) is 6.32. The molecule has 1 amide bonds. The second-order valence-electron chi connectivity index (χ2n) is 6.20. The molecule has 0 unspecified atom stereocenters. The number of nitrogens with one attached hydrogen (secondary N) is 1. The Kier molecular flexibility index (Phi) is 4.67. The summed E-state index contributed by atoms with van der Waals surface area (Å²) < 4.78 is 5.60. The Morgan fingerprint density at radius 3 is 2.59 bits per heavy atom. The van der Waals surface area contributed by atoms with E-state index in [1.807, 2.05) is 13.8 Å². The normalized spacial score (nSPS) is 11.2. The van der Waals surface area contributed by atoms with Gasteiger partial charge in [-0.25, -0.2) is 9.97 Å². The zero-order valence-corrected chi connectivity index (χ0v) is 14.2. The predicted octanol–water partition coefficient (Wildman–Crippen LogP) is 3.42. The molecule has 2 aromatic rings. The molecular weight excluding hydrogens is 298 g/mol. The highest BCUT2D eigenvalue weighted by molar-refractivity contribution is 7.16. The van der Waals surface area contributed by atoms with Crippen LogP contribution < -0.4 is 5.32 Å². The van der Waals surface area contributed by atoms with Gasteiger partial charge in [0.05, 0.1) is 17.3 Å². The van der Waals surface area contributed by atoms with E-state index >= 15 is 0 Å². The van der Waals surface area contributed by atoms with Crippen molar-refractivity contribution >= 4 is 22.4 Å². The molecule has 2 rings (SSSR count). The molecule has 0 aliphatic rings. The average molecular weight is 317 g/mol. The summed E-state index contributed by atoms with van der Waals surface area (Å²) in [4.78, 5) is 20.6. The number of aromatic nitrogens is 2. The Morgan fingerprint density at radius 1 is 1.27 bits per heavy atom. The largest absolute Gasteiger partial charge is 0.435 e. The minimum atomic E-state index is -0.0916. The minimum absolute atomic E-state index is 0.0589. The number of carbonyl (C=O) groups excluding carboxylic acids is 1. The number of oxazole rings is 1. The number of carbonyl (C=O) groups is 1. The van der Waals surface area contributed by atoms with Crippen LogP contribution in [-0.2, 0) is 10.2 Å². The van der Waals surface area contributed by atoms with Crippen LogP contribution in [0.1, 0.15) is 51.1 Å². The van der Waals surface area contributed by atoms with E-state index in [-0.39, 0.29) is 17.2 Å². The first kappa shape index (κ1) is 16.2. The third-order valence-corrected chi connectivity index (χ3v) is 3.63. The number of rotatable bonds is 2. The summed E-state index contributed by atoms with van der Waals surface area (Å²) in [6.07, 6.45) is 3.33. The maximum Gasteiger partial charge on any atom is 0.273 e. The molecule has 0 atom stereocenters. The Balaban J connectivity index is 2.08. The smallest absolute Gasteiger partial charge is 0.273 e. The summed E-state index contributed by atoms with van der Waals surface area (Å²) in [5.74, 6) is 6.86. The Labute approximate surface area is 134 Å². The van der Waals surface area contributed by atoms with Gasteiger partial charge in [-0.2, -0.15) is 0 Å². The first-order valence-electron chi connectivity index (χ1n) is 7.00. The zero-order chi connectivity index (χ0) is 16.3. The SMILES string of the molecule is CC(C)C(=O)Nc1ncc(C#Cc2ncc(C(C)(C)C)o2)s1. The van der Waals surface area contributed by atoms with Crippen molar-refractivity contribution in [3.05, 3.63) is 28.9 Å². The molecule has 116 valence electrons. The van der Waals surface area contributed by atoms with Crippen LogP contribution in [0.2, 0.25) is 0 Å². The van der Waals surface area contributed by atoms with Gasteiger partial charge in [-0.1, -0.05) is 46.0 Å². The van der Waals surface area contributed by atoms with Gasteiger partial charge < -0.3 is 9.73 Å². The van der Waals surface area contributed by atoms with E-state index in [2.05, 4.69) is 47.9 Å². The second-order valence-corrected chi connectivity index (χ2v) is 7.23. The highest BCUT2D eigenvalue weighted by Gasteiger charge is 2.18. The standard InChI is InChI=1S/C16H19N3O2S/c1-10(2)14(20)19-15-18-8-11(22-15)6-7-13-17-9-12(21-13)16(3,4)5/h8-10H,1-5H3,(H,18,19,20). The molecule has 0 aliphatic heterocycles. The summed E-state index contributed by atoms with van der Waals surface area (Å²) in [5, 5.41) is 3.29. The predicted molar refractivity (Wildman–Crippen MR) is 86.8 cm³/mol.